The molecule has 6 rings (SSSR count). The van der Waals surface area contributed by atoms with Crippen LogP contribution >= 0.6 is 22.9 Å². The molecule has 1 aromatic heterocycles. The number of hydrogen-bond donors (Lipinski definition) is 1. The molecule has 3 aromatic rings. The van der Waals surface area contributed by atoms with Gasteiger partial charge in [0.1, 0.15) is 13.1 Å². The minimum Gasteiger partial charge on any atom is -0.454 e. The van der Waals surface area contributed by atoms with Crippen molar-refractivity contribution in [3.63, 3.8) is 0 Å². The normalized spacial score (nSPS) is 24.4. The molecule has 3 saturated heterocycles. The van der Waals surface area contributed by atoms with Gasteiger partial charge < -0.3 is 14.5 Å². The Balaban J connectivity index is 1.31. The summed E-state index contributed by atoms with van der Waals surface area (Å²) in [6.45, 7) is 3.03. The number of rotatable bonds is 8. The molecular formula is C27H28ClN2O3S+. The van der Waals surface area contributed by atoms with Crippen molar-refractivity contribution in [2.75, 3.05) is 31.5 Å². The molecule has 0 amide bonds. The lowest BCUT2D eigenvalue weighted by atomic mass is 9.83. The third-order valence-corrected chi connectivity index (χ3v) is 8.36. The molecule has 0 saturated carbocycles. The maximum atomic E-state index is 13.5. The van der Waals surface area contributed by atoms with Gasteiger partial charge in [0, 0.05) is 24.4 Å². The largest absolute Gasteiger partial charge is 0.454 e. The van der Waals surface area contributed by atoms with E-state index in [9.17, 15) is 9.59 Å². The average Bonchev–Trinajstić information content (AvgIpc) is 3.31. The van der Waals surface area contributed by atoms with Crippen LogP contribution in [0.5, 0.6) is 0 Å². The highest BCUT2D eigenvalue weighted by molar-refractivity contribution is 7.18. The van der Waals surface area contributed by atoms with Gasteiger partial charge in [-0.1, -0.05) is 60.1 Å². The molecule has 2 unspecified atom stereocenters. The van der Waals surface area contributed by atoms with Gasteiger partial charge in [-0.2, -0.15) is 0 Å². The molecule has 0 aliphatic carbocycles. The Kier molecular flexibility index (Phi) is 6.73. The van der Waals surface area contributed by atoms with Crippen LogP contribution in [0.25, 0.3) is 0 Å². The van der Waals surface area contributed by atoms with Gasteiger partial charge in [0.15, 0.2) is 12.1 Å². The number of anilines is 1. The van der Waals surface area contributed by atoms with E-state index in [0.717, 1.165) is 37.2 Å². The summed E-state index contributed by atoms with van der Waals surface area (Å²) in [5, 5.41) is 3.35. The summed E-state index contributed by atoms with van der Waals surface area (Å²) in [6, 6.07) is 22.4. The summed E-state index contributed by atoms with van der Waals surface area (Å²) in [5.41, 5.74) is 1.73. The molecule has 0 radical (unpaired) electrons. The zero-order valence-corrected chi connectivity index (χ0v) is 20.4. The fraction of sp³-hybridized carbons (Fsp3) is 0.333. The second-order valence-corrected chi connectivity index (χ2v) is 11.0. The number of nitrogens with one attached hydrogen (secondary N) is 1. The zero-order valence-electron chi connectivity index (χ0n) is 18.9. The number of halogens is 1. The topological polar surface area (TPSA) is 55.4 Å². The minimum atomic E-state index is -0.595. The summed E-state index contributed by atoms with van der Waals surface area (Å²) in [4.78, 5) is 27.1. The minimum absolute atomic E-state index is 0.121. The van der Waals surface area contributed by atoms with Crippen LogP contribution in [0, 0.1) is 5.92 Å². The van der Waals surface area contributed by atoms with Crippen LogP contribution in [0.2, 0.25) is 4.34 Å². The standard InChI is InChI=1S/C27H28ClN2O3S/c28-25-12-11-24(34-25)22(31)17-30-15-13-19(14-16-30)23(18-30)33-27(32)26(20-7-3-1-4-8-20)29-21-9-5-2-6-10-21/h1-12,19,23,26,29H,13-18H2/q+1. The molecule has 5 nitrogen and oxygen atoms in total. The lowest BCUT2D eigenvalue weighted by molar-refractivity contribution is -0.938. The van der Waals surface area contributed by atoms with Crippen LogP contribution < -0.4 is 5.32 Å². The summed E-state index contributed by atoms with van der Waals surface area (Å²) in [5.74, 6) is 0.196. The smallest absolute Gasteiger partial charge is 0.333 e. The van der Waals surface area contributed by atoms with Gasteiger partial charge in [0.2, 0.25) is 5.78 Å². The number of Topliss-reactive ketones (excluding diaryl/α,β-unsaturated/α-hetero) is 1. The third kappa shape index (κ3) is 5.04. The fourth-order valence-corrected chi connectivity index (χ4v) is 6.24. The van der Waals surface area contributed by atoms with Crippen molar-refractivity contribution in [2.45, 2.75) is 25.0 Å². The van der Waals surface area contributed by atoms with E-state index in [-0.39, 0.29) is 17.9 Å². The first-order valence-electron chi connectivity index (χ1n) is 11.7. The van der Waals surface area contributed by atoms with E-state index in [2.05, 4.69) is 5.32 Å². The third-order valence-electron chi connectivity index (χ3n) is 7.09. The molecule has 3 aliphatic heterocycles. The molecule has 2 aromatic carbocycles. The number of benzene rings is 2. The number of thiophene rings is 1. The molecule has 176 valence electrons. The Morgan fingerprint density at radius 2 is 1.68 bits per heavy atom. The van der Waals surface area contributed by atoms with Gasteiger partial charge in [0.05, 0.1) is 22.3 Å². The highest BCUT2D eigenvalue weighted by atomic mass is 35.5. The number of carbonyl (C=O) groups is 2. The van der Waals surface area contributed by atoms with E-state index >= 15 is 0 Å². The summed E-state index contributed by atoms with van der Waals surface area (Å²) >= 11 is 7.37. The number of carbonyl (C=O) groups excluding carboxylic acids is 2. The van der Waals surface area contributed by atoms with Gasteiger partial charge in [-0.05, 0) is 29.8 Å². The number of nitrogens with zero attached hydrogens (tertiary/aromatic N) is 1. The Hall–Kier alpha value is -2.67. The predicted octanol–water partition coefficient (Wildman–Crippen LogP) is 5.59. The lowest BCUT2D eigenvalue weighted by Gasteiger charge is -2.51. The lowest BCUT2D eigenvalue weighted by Crippen LogP contribution is -2.65. The zero-order chi connectivity index (χ0) is 23.5. The number of para-hydroxylation sites is 1. The highest BCUT2D eigenvalue weighted by Gasteiger charge is 2.49. The van der Waals surface area contributed by atoms with E-state index < -0.39 is 6.04 Å². The van der Waals surface area contributed by atoms with Crippen molar-refractivity contribution in [3.8, 4) is 0 Å². The number of piperidine rings is 3. The first-order valence-corrected chi connectivity index (χ1v) is 12.9. The van der Waals surface area contributed by atoms with Crippen LogP contribution in [-0.2, 0) is 9.53 Å². The summed E-state index contributed by atoms with van der Waals surface area (Å²) < 4.78 is 7.50. The van der Waals surface area contributed by atoms with Crippen LogP contribution in [0.1, 0.15) is 34.1 Å². The molecule has 1 N–H and O–H groups in total. The van der Waals surface area contributed by atoms with Gasteiger partial charge in [-0.15, -0.1) is 11.3 Å². The van der Waals surface area contributed by atoms with E-state index in [4.69, 9.17) is 16.3 Å². The van der Waals surface area contributed by atoms with E-state index in [1.165, 1.54) is 11.3 Å². The van der Waals surface area contributed by atoms with E-state index in [1.54, 1.807) is 6.07 Å². The molecule has 2 atom stereocenters. The monoisotopic (exact) mass is 495 g/mol. The molecule has 2 bridgehead atoms. The highest BCUT2D eigenvalue weighted by Crippen LogP contribution is 2.37. The van der Waals surface area contributed by atoms with Crippen LogP contribution in [0.4, 0.5) is 5.69 Å². The molecule has 4 heterocycles. The second kappa shape index (κ2) is 9.90. The first-order chi connectivity index (χ1) is 16.5. The van der Waals surface area contributed by atoms with E-state index in [0.29, 0.717) is 32.7 Å². The van der Waals surface area contributed by atoms with Crippen LogP contribution in [0.15, 0.2) is 72.8 Å². The van der Waals surface area contributed by atoms with Crippen LogP contribution in [-0.4, -0.2) is 48.5 Å². The Bertz CT molecular complexity index is 1140. The van der Waals surface area contributed by atoms with Gasteiger partial charge in [-0.3, -0.25) is 4.79 Å². The number of ether oxygens (including phenoxy) is 1. The van der Waals surface area contributed by atoms with Crippen molar-refractivity contribution >= 4 is 40.4 Å². The number of esters is 1. The Labute approximate surface area is 208 Å². The van der Waals surface area contributed by atoms with Crippen molar-refractivity contribution in [2.24, 2.45) is 5.92 Å². The van der Waals surface area contributed by atoms with Crippen molar-refractivity contribution in [1.29, 1.82) is 0 Å². The van der Waals surface area contributed by atoms with E-state index in [1.807, 2.05) is 66.7 Å². The quantitative estimate of drug-likeness (QED) is 0.251. The van der Waals surface area contributed by atoms with Gasteiger partial charge in [0.25, 0.3) is 0 Å². The first kappa shape index (κ1) is 23.1. The molecule has 3 aliphatic rings. The SMILES string of the molecule is O=C(C[N+]12CCC(CC1)C(OC(=O)C(Nc1ccccc1)c1ccccc1)C2)c1ccc(Cl)s1. The van der Waals surface area contributed by atoms with Crippen LogP contribution in [0.3, 0.4) is 0 Å². The second-order valence-electron chi connectivity index (χ2n) is 9.32. The number of fused-ring (bicyclic) bond motifs is 3. The Morgan fingerprint density at radius 1 is 1.00 bits per heavy atom. The fourth-order valence-electron chi connectivity index (χ4n) is 5.27. The number of hydrogen-bond acceptors (Lipinski definition) is 5. The summed E-state index contributed by atoms with van der Waals surface area (Å²) in [7, 11) is 0. The Morgan fingerprint density at radius 3 is 2.32 bits per heavy atom. The van der Waals surface area contributed by atoms with Gasteiger partial charge in [-0.25, -0.2) is 4.79 Å². The van der Waals surface area contributed by atoms with Crippen molar-refractivity contribution in [1.82, 2.24) is 0 Å². The van der Waals surface area contributed by atoms with Crippen molar-refractivity contribution < 1.29 is 18.8 Å². The average molecular weight is 496 g/mol. The molecular weight excluding hydrogens is 468 g/mol. The molecule has 0 spiro atoms. The maximum Gasteiger partial charge on any atom is 0.333 e. The van der Waals surface area contributed by atoms with Crippen molar-refractivity contribution in [3.05, 3.63) is 87.6 Å². The molecule has 7 heteroatoms. The molecule has 34 heavy (non-hydrogen) atoms. The predicted molar refractivity (Wildman–Crippen MR) is 135 cm³/mol. The number of ketones is 1. The molecule has 3 fully saturated rings. The maximum absolute atomic E-state index is 13.5. The van der Waals surface area contributed by atoms with Gasteiger partial charge >= 0.3 is 5.97 Å². The number of quaternary nitrogens is 1. The summed E-state index contributed by atoms with van der Waals surface area (Å²) in [6.07, 6.45) is 1.76.